The predicted molar refractivity (Wildman–Crippen MR) is 118 cm³/mol. The molecule has 8 heteroatoms. The van der Waals surface area contributed by atoms with Gasteiger partial charge in [0.2, 0.25) is 0 Å². The van der Waals surface area contributed by atoms with E-state index in [1.807, 2.05) is 6.07 Å². The van der Waals surface area contributed by atoms with E-state index >= 15 is 0 Å². The molecule has 1 saturated heterocycles. The zero-order chi connectivity index (χ0) is 18.1. The first-order valence-electron chi connectivity index (χ1n) is 10.0. The van der Waals surface area contributed by atoms with Crippen LogP contribution in [0.3, 0.4) is 0 Å². The standard InChI is InChI=1S/C19H33N5O2.HI/c1-2-20-18(21-14-17-6-11-26-23-17)22-15-19(7-4-3-5-8-19)16-24-9-12-25-13-10-24;/h6,11H,2-5,7-10,12-16H2,1H3,(H2,20,21,22);1H. The van der Waals surface area contributed by atoms with Crippen molar-refractivity contribution in [2.45, 2.75) is 45.6 Å². The molecule has 1 aliphatic heterocycles. The average molecular weight is 491 g/mol. The molecular weight excluding hydrogens is 457 g/mol. The number of halogens is 1. The van der Waals surface area contributed by atoms with Gasteiger partial charge in [0.05, 0.1) is 19.8 Å². The fourth-order valence-corrected chi connectivity index (χ4v) is 4.02. The third kappa shape index (κ3) is 7.23. The van der Waals surface area contributed by atoms with Crippen LogP contribution in [-0.4, -0.2) is 62.0 Å². The van der Waals surface area contributed by atoms with Crippen LogP contribution in [0.4, 0.5) is 0 Å². The lowest BCUT2D eigenvalue weighted by molar-refractivity contribution is 0.00820. The summed E-state index contributed by atoms with van der Waals surface area (Å²) >= 11 is 0. The van der Waals surface area contributed by atoms with Gasteiger partial charge >= 0.3 is 0 Å². The number of aromatic nitrogens is 1. The van der Waals surface area contributed by atoms with Crippen molar-refractivity contribution < 1.29 is 9.26 Å². The van der Waals surface area contributed by atoms with Gasteiger partial charge in [0.1, 0.15) is 12.0 Å². The van der Waals surface area contributed by atoms with Gasteiger partial charge in [0.25, 0.3) is 0 Å². The predicted octanol–water partition coefficient (Wildman–Crippen LogP) is 2.63. The first-order chi connectivity index (χ1) is 12.8. The lowest BCUT2D eigenvalue weighted by Gasteiger charge is -2.42. The molecule has 1 aliphatic carbocycles. The molecule has 2 heterocycles. The van der Waals surface area contributed by atoms with Gasteiger partial charge in [0, 0.05) is 44.2 Å². The molecule has 0 spiro atoms. The molecule has 0 unspecified atom stereocenters. The lowest BCUT2D eigenvalue weighted by atomic mass is 9.73. The van der Waals surface area contributed by atoms with Crippen LogP contribution < -0.4 is 10.6 Å². The third-order valence-electron chi connectivity index (χ3n) is 5.44. The van der Waals surface area contributed by atoms with E-state index in [0.717, 1.165) is 57.6 Å². The molecule has 2 aliphatic rings. The van der Waals surface area contributed by atoms with Gasteiger partial charge < -0.3 is 19.9 Å². The summed E-state index contributed by atoms with van der Waals surface area (Å²) in [5.74, 6) is 0.863. The van der Waals surface area contributed by atoms with E-state index < -0.39 is 0 Å². The summed E-state index contributed by atoms with van der Waals surface area (Å²) in [5.41, 5.74) is 1.18. The first-order valence-corrected chi connectivity index (χ1v) is 10.0. The fraction of sp³-hybridized carbons (Fsp3) is 0.789. The van der Waals surface area contributed by atoms with Crippen LogP contribution in [0.15, 0.2) is 21.8 Å². The molecule has 7 nitrogen and oxygen atoms in total. The number of hydrogen-bond donors (Lipinski definition) is 2. The van der Waals surface area contributed by atoms with Gasteiger partial charge in [-0.05, 0) is 19.8 Å². The Morgan fingerprint density at radius 3 is 2.67 bits per heavy atom. The maximum Gasteiger partial charge on any atom is 0.191 e. The second-order valence-electron chi connectivity index (χ2n) is 7.49. The summed E-state index contributed by atoms with van der Waals surface area (Å²) in [7, 11) is 0. The number of guanidine groups is 1. The molecule has 0 atom stereocenters. The molecule has 0 bridgehead atoms. The maximum absolute atomic E-state index is 5.52. The summed E-state index contributed by atoms with van der Waals surface area (Å²) < 4.78 is 10.4. The Morgan fingerprint density at radius 1 is 1.22 bits per heavy atom. The Bertz CT molecular complexity index is 540. The molecule has 0 aromatic carbocycles. The van der Waals surface area contributed by atoms with Crippen LogP contribution in [0.5, 0.6) is 0 Å². The average Bonchev–Trinajstić information content (AvgIpc) is 3.19. The molecule has 0 amide bonds. The van der Waals surface area contributed by atoms with Gasteiger partial charge in [-0.3, -0.25) is 4.90 Å². The zero-order valence-corrected chi connectivity index (χ0v) is 18.7. The summed E-state index contributed by atoms with van der Waals surface area (Å²) in [4.78, 5) is 7.24. The van der Waals surface area contributed by atoms with Crippen LogP contribution in [0, 0.1) is 5.41 Å². The second-order valence-corrected chi connectivity index (χ2v) is 7.49. The normalized spacial score (nSPS) is 20.7. The molecule has 1 aromatic rings. The Kier molecular flexibility index (Phi) is 9.84. The van der Waals surface area contributed by atoms with Crippen LogP contribution in [0.1, 0.15) is 44.7 Å². The van der Waals surface area contributed by atoms with Crippen molar-refractivity contribution in [1.29, 1.82) is 0 Å². The topological polar surface area (TPSA) is 74.9 Å². The third-order valence-corrected chi connectivity index (χ3v) is 5.44. The molecule has 2 N–H and O–H groups in total. The number of nitrogens with zero attached hydrogens (tertiary/aromatic N) is 3. The van der Waals surface area contributed by atoms with Crippen LogP contribution >= 0.6 is 24.0 Å². The monoisotopic (exact) mass is 491 g/mol. The highest BCUT2D eigenvalue weighted by molar-refractivity contribution is 14.0. The fourth-order valence-electron chi connectivity index (χ4n) is 4.02. The van der Waals surface area contributed by atoms with Gasteiger partial charge in [-0.15, -0.1) is 24.0 Å². The molecule has 2 fully saturated rings. The summed E-state index contributed by atoms with van der Waals surface area (Å²) in [5, 5.41) is 10.9. The quantitative estimate of drug-likeness (QED) is 0.347. The van der Waals surface area contributed by atoms with Crippen molar-refractivity contribution in [2.75, 3.05) is 45.9 Å². The van der Waals surface area contributed by atoms with Crippen molar-refractivity contribution in [2.24, 2.45) is 10.4 Å². The highest BCUT2D eigenvalue weighted by atomic mass is 127. The van der Waals surface area contributed by atoms with Crippen molar-refractivity contribution in [3.8, 4) is 0 Å². The minimum Gasteiger partial charge on any atom is -0.379 e. The smallest absolute Gasteiger partial charge is 0.191 e. The Labute approximate surface area is 179 Å². The van der Waals surface area contributed by atoms with Crippen LogP contribution in [-0.2, 0) is 11.3 Å². The summed E-state index contributed by atoms with van der Waals surface area (Å²) in [6.07, 6.45) is 8.20. The molecule has 0 radical (unpaired) electrons. The minimum absolute atomic E-state index is 0. The van der Waals surface area contributed by atoms with E-state index in [2.05, 4.69) is 32.6 Å². The Balaban J connectivity index is 0.00000261. The molecule has 27 heavy (non-hydrogen) atoms. The zero-order valence-electron chi connectivity index (χ0n) is 16.4. The SMILES string of the molecule is CCNC(=NCc1ccon1)NCC1(CN2CCOCC2)CCCCC1.I. The largest absolute Gasteiger partial charge is 0.379 e. The molecule has 1 aromatic heterocycles. The summed E-state index contributed by atoms with van der Waals surface area (Å²) in [6, 6.07) is 1.86. The first kappa shape index (κ1) is 22.4. The molecule has 154 valence electrons. The van der Waals surface area contributed by atoms with E-state index in [0.29, 0.717) is 12.0 Å². The van der Waals surface area contributed by atoms with Gasteiger partial charge in [-0.2, -0.15) is 0 Å². The Morgan fingerprint density at radius 2 is 2.00 bits per heavy atom. The van der Waals surface area contributed by atoms with Crippen molar-refractivity contribution in [1.82, 2.24) is 20.7 Å². The molecular formula is C19H34IN5O2. The Hall–Kier alpha value is -0.870. The number of rotatable bonds is 7. The molecule has 1 saturated carbocycles. The maximum atomic E-state index is 5.52. The number of aliphatic imine (C=N–C) groups is 1. The van der Waals surface area contributed by atoms with Gasteiger partial charge in [-0.1, -0.05) is 24.4 Å². The lowest BCUT2D eigenvalue weighted by Crippen LogP contribution is -2.51. The van der Waals surface area contributed by atoms with Crippen molar-refractivity contribution in [3.05, 3.63) is 18.0 Å². The number of hydrogen-bond acceptors (Lipinski definition) is 5. The highest BCUT2D eigenvalue weighted by Gasteiger charge is 2.34. The van der Waals surface area contributed by atoms with E-state index in [9.17, 15) is 0 Å². The number of ether oxygens (including phenoxy) is 1. The highest BCUT2D eigenvalue weighted by Crippen LogP contribution is 2.36. The van der Waals surface area contributed by atoms with E-state index in [-0.39, 0.29) is 24.0 Å². The van der Waals surface area contributed by atoms with E-state index in [1.165, 1.54) is 32.1 Å². The van der Waals surface area contributed by atoms with Gasteiger partial charge in [0.15, 0.2) is 5.96 Å². The van der Waals surface area contributed by atoms with Crippen LogP contribution in [0.25, 0.3) is 0 Å². The van der Waals surface area contributed by atoms with E-state index in [4.69, 9.17) is 9.26 Å². The number of nitrogens with one attached hydrogen (secondary N) is 2. The van der Waals surface area contributed by atoms with E-state index in [1.54, 1.807) is 6.26 Å². The van der Waals surface area contributed by atoms with Crippen molar-refractivity contribution in [3.63, 3.8) is 0 Å². The summed E-state index contributed by atoms with van der Waals surface area (Å²) in [6.45, 7) is 9.45. The number of morpholine rings is 1. The van der Waals surface area contributed by atoms with Crippen LogP contribution in [0.2, 0.25) is 0 Å². The van der Waals surface area contributed by atoms with Gasteiger partial charge in [-0.25, -0.2) is 4.99 Å². The minimum atomic E-state index is 0. The molecule has 3 rings (SSSR count). The van der Waals surface area contributed by atoms with Crippen molar-refractivity contribution >= 4 is 29.9 Å². The second kappa shape index (κ2) is 11.9.